The second-order valence-electron chi connectivity index (χ2n) is 6.38. The van der Waals surface area contributed by atoms with Crippen LogP contribution in [0.15, 0.2) is 36.7 Å². The normalized spacial score (nSPS) is 13.8. The van der Waals surface area contributed by atoms with Crippen LogP contribution in [0.4, 0.5) is 0 Å². The Morgan fingerprint density at radius 2 is 2.00 bits per heavy atom. The van der Waals surface area contributed by atoms with E-state index in [2.05, 4.69) is 74.3 Å². The second-order valence-corrected chi connectivity index (χ2v) is 6.38. The average molecular weight is 285 g/mol. The van der Waals surface area contributed by atoms with Crippen molar-refractivity contribution in [1.29, 1.82) is 0 Å². The van der Waals surface area contributed by atoms with Gasteiger partial charge in [0.2, 0.25) is 0 Å². The minimum Gasteiger partial charge on any atom is -0.308 e. The summed E-state index contributed by atoms with van der Waals surface area (Å²) >= 11 is 0. The fraction of sp³-hybridized carbons (Fsp3) is 0.500. The molecule has 1 atom stereocenters. The van der Waals surface area contributed by atoms with Crippen molar-refractivity contribution >= 4 is 10.8 Å². The van der Waals surface area contributed by atoms with Crippen molar-refractivity contribution in [3.05, 3.63) is 42.2 Å². The summed E-state index contributed by atoms with van der Waals surface area (Å²) in [6.45, 7) is 7.79. The summed E-state index contributed by atoms with van der Waals surface area (Å²) in [5.41, 5.74) is 1.34. The first-order valence-corrected chi connectivity index (χ1v) is 7.72. The molecule has 0 amide bonds. The molecule has 1 heterocycles. The van der Waals surface area contributed by atoms with Gasteiger partial charge in [0.1, 0.15) is 0 Å². The lowest BCUT2D eigenvalue weighted by atomic mass is 9.85. The molecule has 0 radical (unpaired) electrons. The number of fused-ring (bicyclic) bond motifs is 1. The summed E-state index contributed by atoms with van der Waals surface area (Å²) in [6.07, 6.45) is 4.97. The smallest absolute Gasteiger partial charge is 0.0508 e. The summed E-state index contributed by atoms with van der Waals surface area (Å²) < 4.78 is 0. The molecule has 0 saturated carbocycles. The number of hydrogen-bond acceptors (Lipinski definition) is 3. The molecule has 3 nitrogen and oxygen atoms in total. The van der Waals surface area contributed by atoms with E-state index in [1.165, 1.54) is 16.3 Å². The Labute approximate surface area is 128 Å². The zero-order valence-electron chi connectivity index (χ0n) is 13.9. The van der Waals surface area contributed by atoms with Gasteiger partial charge in [-0.1, -0.05) is 25.1 Å². The lowest BCUT2D eigenvalue weighted by Crippen LogP contribution is -2.49. The largest absolute Gasteiger partial charge is 0.308 e. The van der Waals surface area contributed by atoms with E-state index in [-0.39, 0.29) is 11.6 Å². The third-order valence-electron chi connectivity index (χ3n) is 4.49. The first-order valence-electron chi connectivity index (χ1n) is 7.72. The van der Waals surface area contributed by atoms with E-state index in [0.717, 1.165) is 13.0 Å². The summed E-state index contributed by atoms with van der Waals surface area (Å²) in [5, 5.41) is 6.22. The molecular formula is C18H27N3. The van der Waals surface area contributed by atoms with Gasteiger partial charge < -0.3 is 10.2 Å². The predicted octanol–water partition coefficient (Wildman–Crippen LogP) is 3.62. The third-order valence-corrected chi connectivity index (χ3v) is 4.49. The minimum atomic E-state index is 0.0132. The molecule has 2 aromatic rings. The number of likely N-dealkylation sites (N-methyl/N-ethyl adjacent to an activating group) is 1. The van der Waals surface area contributed by atoms with Gasteiger partial charge in [-0.15, -0.1) is 0 Å². The van der Waals surface area contributed by atoms with Gasteiger partial charge in [-0.05, 0) is 57.9 Å². The highest BCUT2D eigenvalue weighted by atomic mass is 15.2. The van der Waals surface area contributed by atoms with E-state index in [1.54, 1.807) is 0 Å². The number of pyridine rings is 1. The zero-order valence-corrected chi connectivity index (χ0v) is 13.9. The van der Waals surface area contributed by atoms with Crippen LogP contribution in [0.5, 0.6) is 0 Å². The number of nitrogens with zero attached hydrogens (tertiary/aromatic N) is 2. The molecule has 0 aliphatic heterocycles. The highest BCUT2D eigenvalue weighted by molar-refractivity contribution is 5.85. The van der Waals surface area contributed by atoms with Crippen LogP contribution in [0, 0.1) is 0 Å². The van der Waals surface area contributed by atoms with Crippen molar-refractivity contribution in [3.8, 4) is 0 Å². The molecule has 2 rings (SSSR count). The van der Waals surface area contributed by atoms with E-state index in [1.807, 2.05) is 12.4 Å². The summed E-state index contributed by atoms with van der Waals surface area (Å²) in [5.74, 6) is 0. The molecule has 0 fully saturated rings. The molecule has 114 valence electrons. The second kappa shape index (κ2) is 6.54. The molecule has 1 aromatic carbocycles. The number of benzene rings is 1. The van der Waals surface area contributed by atoms with E-state index in [4.69, 9.17) is 0 Å². The molecule has 21 heavy (non-hydrogen) atoms. The Morgan fingerprint density at radius 3 is 2.67 bits per heavy atom. The third kappa shape index (κ3) is 3.25. The van der Waals surface area contributed by atoms with Crippen LogP contribution in [0.1, 0.15) is 38.8 Å². The maximum atomic E-state index is 4.32. The van der Waals surface area contributed by atoms with Crippen LogP contribution in [0.25, 0.3) is 10.8 Å². The predicted molar refractivity (Wildman–Crippen MR) is 90.5 cm³/mol. The van der Waals surface area contributed by atoms with Gasteiger partial charge in [-0.3, -0.25) is 4.98 Å². The standard InChI is InChI=1S/C18H27N3/c1-6-11-20-17(18(2,3)21(4)5)15-9-7-8-14-10-12-19-13-16(14)15/h7-10,12-13,17,20H,6,11H2,1-5H3. The topological polar surface area (TPSA) is 28.2 Å². The van der Waals surface area contributed by atoms with Crippen molar-refractivity contribution in [3.63, 3.8) is 0 Å². The fourth-order valence-electron chi connectivity index (χ4n) is 2.68. The van der Waals surface area contributed by atoms with Crippen molar-refractivity contribution in [2.24, 2.45) is 0 Å². The molecule has 0 spiro atoms. The molecule has 0 saturated heterocycles. The highest BCUT2D eigenvalue weighted by Gasteiger charge is 2.33. The summed E-state index contributed by atoms with van der Waals surface area (Å²) in [7, 11) is 4.29. The lowest BCUT2D eigenvalue weighted by molar-refractivity contribution is 0.138. The van der Waals surface area contributed by atoms with Gasteiger partial charge in [0.15, 0.2) is 0 Å². The van der Waals surface area contributed by atoms with Crippen molar-refractivity contribution < 1.29 is 0 Å². The fourth-order valence-corrected chi connectivity index (χ4v) is 2.68. The Morgan fingerprint density at radius 1 is 1.24 bits per heavy atom. The number of aromatic nitrogens is 1. The van der Waals surface area contributed by atoms with Gasteiger partial charge in [0.25, 0.3) is 0 Å². The summed E-state index contributed by atoms with van der Waals surface area (Å²) in [6, 6.07) is 8.87. The lowest BCUT2D eigenvalue weighted by Gasteiger charge is -2.41. The van der Waals surface area contributed by atoms with Crippen molar-refractivity contribution in [2.45, 2.75) is 38.8 Å². The monoisotopic (exact) mass is 285 g/mol. The Balaban J connectivity index is 2.53. The number of rotatable bonds is 6. The molecule has 0 aliphatic carbocycles. The molecule has 0 aliphatic rings. The van der Waals surface area contributed by atoms with Gasteiger partial charge in [-0.2, -0.15) is 0 Å². The van der Waals surface area contributed by atoms with Crippen LogP contribution in [0.2, 0.25) is 0 Å². The van der Waals surface area contributed by atoms with E-state index in [9.17, 15) is 0 Å². The Hall–Kier alpha value is -1.45. The van der Waals surface area contributed by atoms with E-state index >= 15 is 0 Å². The average Bonchev–Trinajstić information content (AvgIpc) is 2.47. The molecule has 1 unspecified atom stereocenters. The molecule has 1 N–H and O–H groups in total. The first kappa shape index (κ1) is 15.9. The molecule has 0 bridgehead atoms. The SMILES string of the molecule is CCCNC(c1cccc2ccncc12)C(C)(C)N(C)C. The van der Waals surface area contributed by atoms with Gasteiger partial charge in [0.05, 0.1) is 6.04 Å². The maximum Gasteiger partial charge on any atom is 0.0508 e. The quantitative estimate of drug-likeness (QED) is 0.878. The zero-order chi connectivity index (χ0) is 15.5. The number of nitrogens with one attached hydrogen (secondary N) is 1. The van der Waals surface area contributed by atoms with Gasteiger partial charge in [-0.25, -0.2) is 0 Å². The van der Waals surface area contributed by atoms with Crippen LogP contribution in [-0.4, -0.2) is 36.1 Å². The molecular weight excluding hydrogens is 258 g/mol. The van der Waals surface area contributed by atoms with Crippen LogP contribution >= 0.6 is 0 Å². The Kier molecular flexibility index (Phi) is 4.96. The van der Waals surface area contributed by atoms with Gasteiger partial charge in [0, 0.05) is 23.3 Å². The molecule has 1 aromatic heterocycles. The maximum absolute atomic E-state index is 4.32. The highest BCUT2D eigenvalue weighted by Crippen LogP contribution is 2.33. The summed E-state index contributed by atoms with van der Waals surface area (Å²) in [4.78, 5) is 6.61. The number of hydrogen-bond donors (Lipinski definition) is 1. The molecule has 3 heteroatoms. The van der Waals surface area contributed by atoms with Crippen molar-refractivity contribution in [2.75, 3.05) is 20.6 Å². The van der Waals surface area contributed by atoms with Crippen LogP contribution in [-0.2, 0) is 0 Å². The first-order chi connectivity index (χ1) is 9.98. The van der Waals surface area contributed by atoms with Gasteiger partial charge >= 0.3 is 0 Å². The minimum absolute atomic E-state index is 0.0132. The Bertz CT molecular complexity index is 585. The van der Waals surface area contributed by atoms with E-state index in [0.29, 0.717) is 0 Å². The van der Waals surface area contributed by atoms with Crippen LogP contribution in [0.3, 0.4) is 0 Å². The van der Waals surface area contributed by atoms with E-state index < -0.39 is 0 Å². The van der Waals surface area contributed by atoms with Crippen LogP contribution < -0.4 is 5.32 Å². The van der Waals surface area contributed by atoms with Crippen molar-refractivity contribution in [1.82, 2.24) is 15.2 Å².